The number of fused-ring (bicyclic) bond motifs is 1. The fraction of sp³-hybridized carbons (Fsp3) is 0.111. The van der Waals surface area contributed by atoms with Crippen molar-refractivity contribution in [3.05, 3.63) is 69.9 Å². The zero-order valence-electron chi connectivity index (χ0n) is 13.9. The van der Waals surface area contributed by atoms with Crippen LogP contribution in [0.5, 0.6) is 5.75 Å². The second-order valence-corrected chi connectivity index (χ2v) is 5.54. The molecule has 1 aromatic heterocycles. The van der Waals surface area contributed by atoms with E-state index < -0.39 is 10.8 Å². The lowest BCUT2D eigenvalue weighted by molar-refractivity contribution is -0.384. The topological polar surface area (TPSA) is 110 Å². The third-order valence-electron chi connectivity index (χ3n) is 3.74. The Morgan fingerprint density at radius 1 is 1.27 bits per heavy atom. The van der Waals surface area contributed by atoms with E-state index in [9.17, 15) is 14.9 Å². The summed E-state index contributed by atoms with van der Waals surface area (Å²) in [5.74, 6) is -0.0701. The molecule has 0 aliphatic heterocycles. The van der Waals surface area contributed by atoms with Crippen LogP contribution in [-0.2, 0) is 4.79 Å². The van der Waals surface area contributed by atoms with Crippen molar-refractivity contribution in [1.29, 1.82) is 0 Å². The Kier molecular flexibility index (Phi) is 4.93. The molecular formula is C18H16N4O4. The molecule has 3 aromatic rings. The number of nitrogens with zero attached hydrogens (tertiary/aromatic N) is 2. The van der Waals surface area contributed by atoms with Crippen molar-refractivity contribution in [3.8, 4) is 5.75 Å². The zero-order valence-corrected chi connectivity index (χ0v) is 13.9. The van der Waals surface area contributed by atoms with Gasteiger partial charge in [-0.2, -0.15) is 5.10 Å². The fourth-order valence-electron chi connectivity index (χ4n) is 2.48. The number of aromatic nitrogens is 1. The number of para-hydroxylation sites is 1. The van der Waals surface area contributed by atoms with Gasteiger partial charge >= 0.3 is 0 Å². The number of carbonyl (C=O) groups is 1. The second-order valence-electron chi connectivity index (χ2n) is 5.54. The number of hydrazone groups is 1. The lowest BCUT2D eigenvalue weighted by Crippen LogP contribution is -2.24. The Bertz CT molecular complexity index is 977. The summed E-state index contributed by atoms with van der Waals surface area (Å²) in [5, 5.41) is 15.6. The Morgan fingerprint density at radius 3 is 2.73 bits per heavy atom. The summed E-state index contributed by atoms with van der Waals surface area (Å²) in [6.07, 6.45) is 1.58. The van der Waals surface area contributed by atoms with E-state index >= 15 is 0 Å². The molecule has 1 heterocycles. The number of benzene rings is 2. The highest BCUT2D eigenvalue weighted by Gasteiger charge is 2.07. The van der Waals surface area contributed by atoms with E-state index in [4.69, 9.17) is 4.74 Å². The summed E-state index contributed by atoms with van der Waals surface area (Å²) in [5.41, 5.74) is 5.20. The highest BCUT2D eigenvalue weighted by molar-refractivity contribution is 6.00. The Morgan fingerprint density at radius 2 is 2.00 bits per heavy atom. The van der Waals surface area contributed by atoms with Gasteiger partial charge in [0.05, 0.1) is 11.1 Å². The molecule has 0 atom stereocenters. The van der Waals surface area contributed by atoms with E-state index in [0.29, 0.717) is 5.75 Å². The van der Waals surface area contributed by atoms with Gasteiger partial charge in [-0.15, -0.1) is 0 Å². The first-order valence-corrected chi connectivity index (χ1v) is 7.81. The molecule has 1 amide bonds. The number of hydrogen-bond acceptors (Lipinski definition) is 5. The van der Waals surface area contributed by atoms with Crippen molar-refractivity contribution in [3.63, 3.8) is 0 Å². The van der Waals surface area contributed by atoms with Crippen molar-refractivity contribution in [2.24, 2.45) is 5.10 Å². The monoisotopic (exact) mass is 352 g/mol. The Balaban J connectivity index is 1.56. The molecule has 0 aliphatic rings. The average Bonchev–Trinajstić information content (AvgIpc) is 2.96. The summed E-state index contributed by atoms with van der Waals surface area (Å²) < 4.78 is 5.27. The van der Waals surface area contributed by atoms with E-state index in [2.05, 4.69) is 15.5 Å². The van der Waals surface area contributed by atoms with E-state index in [1.807, 2.05) is 31.2 Å². The quantitative estimate of drug-likeness (QED) is 0.404. The maximum Gasteiger partial charge on any atom is 0.277 e. The maximum absolute atomic E-state index is 11.8. The van der Waals surface area contributed by atoms with Crippen LogP contribution in [0.15, 0.2) is 53.6 Å². The number of nitrogens with one attached hydrogen (secondary N) is 2. The molecule has 0 spiro atoms. The van der Waals surface area contributed by atoms with Gasteiger partial charge in [0.15, 0.2) is 6.61 Å². The number of rotatable bonds is 6. The molecule has 0 aliphatic carbocycles. The predicted molar refractivity (Wildman–Crippen MR) is 97.4 cm³/mol. The van der Waals surface area contributed by atoms with Gasteiger partial charge in [0, 0.05) is 34.3 Å². The maximum atomic E-state index is 11.8. The van der Waals surface area contributed by atoms with Crippen LogP contribution in [0.4, 0.5) is 5.69 Å². The number of nitro benzene ring substituents is 1. The Labute approximate surface area is 148 Å². The SMILES string of the molecule is Cc1[nH]c2ccccc2c1C=NNC(=O)COc1ccc([N+](=O)[O-])cc1. The molecule has 2 N–H and O–H groups in total. The molecule has 0 fully saturated rings. The van der Waals surface area contributed by atoms with Crippen LogP contribution in [0.2, 0.25) is 0 Å². The minimum atomic E-state index is -0.502. The number of carbonyl (C=O) groups excluding carboxylic acids is 1. The highest BCUT2D eigenvalue weighted by atomic mass is 16.6. The number of hydrogen-bond donors (Lipinski definition) is 2. The molecule has 8 nitrogen and oxygen atoms in total. The summed E-state index contributed by atoms with van der Waals surface area (Å²) in [4.78, 5) is 25.1. The predicted octanol–water partition coefficient (Wildman–Crippen LogP) is 2.91. The largest absolute Gasteiger partial charge is 0.484 e. The molecular weight excluding hydrogens is 336 g/mol. The van der Waals surface area contributed by atoms with Crippen LogP contribution in [-0.4, -0.2) is 28.6 Å². The van der Waals surface area contributed by atoms with Crippen LogP contribution in [0.1, 0.15) is 11.3 Å². The smallest absolute Gasteiger partial charge is 0.277 e. The van der Waals surface area contributed by atoms with E-state index in [-0.39, 0.29) is 12.3 Å². The van der Waals surface area contributed by atoms with Crippen LogP contribution in [0, 0.1) is 17.0 Å². The lowest BCUT2D eigenvalue weighted by Gasteiger charge is -2.04. The van der Waals surface area contributed by atoms with Gasteiger partial charge in [-0.05, 0) is 25.1 Å². The number of nitro groups is 1. The van der Waals surface area contributed by atoms with E-state index in [0.717, 1.165) is 22.2 Å². The van der Waals surface area contributed by atoms with Crippen molar-refractivity contribution in [2.75, 3.05) is 6.61 Å². The molecule has 3 rings (SSSR count). The average molecular weight is 352 g/mol. The molecule has 26 heavy (non-hydrogen) atoms. The van der Waals surface area contributed by atoms with Crippen molar-refractivity contribution < 1.29 is 14.5 Å². The minimum absolute atomic E-state index is 0.0412. The number of H-pyrrole nitrogens is 1. The van der Waals surface area contributed by atoms with Crippen molar-refractivity contribution in [2.45, 2.75) is 6.92 Å². The van der Waals surface area contributed by atoms with Crippen LogP contribution in [0.25, 0.3) is 10.9 Å². The normalized spacial score (nSPS) is 11.0. The molecule has 0 bridgehead atoms. The first-order chi connectivity index (χ1) is 12.5. The second kappa shape index (κ2) is 7.47. The third-order valence-corrected chi connectivity index (χ3v) is 3.74. The highest BCUT2D eigenvalue weighted by Crippen LogP contribution is 2.20. The summed E-state index contributed by atoms with van der Waals surface area (Å²) in [6.45, 7) is 1.68. The van der Waals surface area contributed by atoms with Crippen LogP contribution < -0.4 is 10.2 Å². The number of amides is 1. The number of aromatic amines is 1. The summed E-state index contributed by atoms with van der Waals surface area (Å²) in [7, 11) is 0. The van der Waals surface area contributed by atoms with Gasteiger partial charge in [0.25, 0.3) is 11.6 Å². The minimum Gasteiger partial charge on any atom is -0.484 e. The number of ether oxygens (including phenoxy) is 1. The van der Waals surface area contributed by atoms with E-state index in [1.54, 1.807) is 6.21 Å². The number of aryl methyl sites for hydroxylation is 1. The van der Waals surface area contributed by atoms with Gasteiger partial charge in [0.1, 0.15) is 5.75 Å². The van der Waals surface area contributed by atoms with Gasteiger partial charge in [-0.1, -0.05) is 18.2 Å². The van der Waals surface area contributed by atoms with Gasteiger partial charge < -0.3 is 9.72 Å². The lowest BCUT2D eigenvalue weighted by atomic mass is 10.1. The van der Waals surface area contributed by atoms with Gasteiger partial charge in [-0.25, -0.2) is 5.43 Å². The number of non-ortho nitro benzene ring substituents is 1. The van der Waals surface area contributed by atoms with Crippen molar-refractivity contribution in [1.82, 2.24) is 10.4 Å². The van der Waals surface area contributed by atoms with Crippen molar-refractivity contribution >= 4 is 28.7 Å². The van der Waals surface area contributed by atoms with Crippen LogP contribution >= 0.6 is 0 Å². The van der Waals surface area contributed by atoms with Crippen LogP contribution in [0.3, 0.4) is 0 Å². The standard InChI is InChI=1S/C18H16N4O4/c1-12-16(15-4-2-3-5-17(15)20-12)10-19-21-18(23)11-26-14-8-6-13(7-9-14)22(24)25/h2-10,20H,11H2,1H3,(H,21,23). The first kappa shape index (κ1) is 17.2. The molecule has 0 radical (unpaired) electrons. The zero-order chi connectivity index (χ0) is 18.5. The Hall–Kier alpha value is -3.68. The fourth-order valence-corrected chi connectivity index (χ4v) is 2.48. The van der Waals surface area contributed by atoms with Gasteiger partial charge in [0.2, 0.25) is 0 Å². The molecule has 0 unspecified atom stereocenters. The molecule has 2 aromatic carbocycles. The third kappa shape index (κ3) is 3.86. The summed E-state index contributed by atoms with van der Waals surface area (Å²) >= 11 is 0. The van der Waals surface area contributed by atoms with Gasteiger partial charge in [-0.3, -0.25) is 14.9 Å². The molecule has 132 valence electrons. The van der Waals surface area contributed by atoms with E-state index in [1.165, 1.54) is 24.3 Å². The first-order valence-electron chi connectivity index (χ1n) is 7.81. The summed E-state index contributed by atoms with van der Waals surface area (Å²) in [6, 6.07) is 13.3. The molecule has 0 saturated carbocycles. The molecule has 8 heteroatoms. The molecule has 0 saturated heterocycles.